The molecule has 0 aromatic heterocycles. The lowest BCUT2D eigenvalue weighted by Gasteiger charge is -2.48. The largest absolute Gasteiger partial charge is 0.369 e. The van der Waals surface area contributed by atoms with Gasteiger partial charge in [-0.15, -0.1) is 0 Å². The molecule has 6 nitrogen and oxygen atoms in total. The number of thiocarbonyl (C=S) groups is 1. The van der Waals surface area contributed by atoms with Gasteiger partial charge in [0.05, 0.1) is 32.0 Å². The fourth-order valence-corrected chi connectivity index (χ4v) is 6.00. The fraction of sp³-hybridized carbons (Fsp3) is 0.324. The smallest absolute Gasteiger partial charge is 0.170 e. The van der Waals surface area contributed by atoms with Gasteiger partial charge in [-0.1, -0.05) is 110 Å². The first kappa shape index (κ1) is 33.1. The molecule has 4 aromatic carbocycles. The number of ether oxygens (including phenoxy) is 3. The third-order valence-corrected chi connectivity index (χ3v) is 8.41. The molecule has 1 saturated heterocycles. The molecule has 236 valence electrons. The van der Waals surface area contributed by atoms with Gasteiger partial charge in [0.2, 0.25) is 0 Å². The van der Waals surface area contributed by atoms with Crippen molar-refractivity contribution < 1.29 is 14.2 Å². The first-order chi connectivity index (χ1) is 22.1. The van der Waals surface area contributed by atoms with E-state index >= 15 is 0 Å². The summed E-state index contributed by atoms with van der Waals surface area (Å²) in [5.74, 6) is 0. The number of anilines is 1. The lowest BCUT2D eigenvalue weighted by Crippen LogP contribution is -2.66. The molecule has 0 amide bonds. The van der Waals surface area contributed by atoms with E-state index in [-0.39, 0.29) is 24.4 Å². The van der Waals surface area contributed by atoms with Gasteiger partial charge in [0.15, 0.2) is 5.11 Å². The highest BCUT2D eigenvalue weighted by molar-refractivity contribution is 7.80. The number of likely N-dealkylation sites (tertiary alicyclic amines) is 1. The molecule has 1 heterocycles. The van der Waals surface area contributed by atoms with E-state index in [1.807, 2.05) is 78.9 Å². The Bertz CT molecular complexity index is 1430. The highest BCUT2D eigenvalue weighted by Crippen LogP contribution is 2.29. The van der Waals surface area contributed by atoms with Crippen LogP contribution < -0.4 is 10.6 Å². The minimum Gasteiger partial charge on any atom is -0.369 e. The average molecular weight is 644 g/mol. The molecule has 1 fully saturated rings. The van der Waals surface area contributed by atoms with Crippen molar-refractivity contribution in [3.63, 3.8) is 0 Å². The Morgan fingerprint density at radius 2 is 1.24 bits per heavy atom. The summed E-state index contributed by atoms with van der Waals surface area (Å²) in [6.07, 6.45) is 0.198. The Morgan fingerprint density at radius 3 is 1.78 bits per heavy atom. The van der Waals surface area contributed by atoms with Gasteiger partial charge < -0.3 is 24.8 Å². The van der Waals surface area contributed by atoms with Crippen molar-refractivity contribution in [2.45, 2.75) is 57.5 Å². The van der Waals surface area contributed by atoms with E-state index in [2.05, 4.69) is 58.9 Å². The molecule has 2 N–H and O–H groups in total. The van der Waals surface area contributed by atoms with Crippen LogP contribution in [0.25, 0.3) is 0 Å². The van der Waals surface area contributed by atoms with Gasteiger partial charge >= 0.3 is 0 Å². The molecule has 0 bridgehead atoms. The normalized spacial score (nSPS) is 20.0. The van der Waals surface area contributed by atoms with Gasteiger partial charge in [-0.3, -0.25) is 4.90 Å². The number of piperidine rings is 1. The average Bonchev–Trinajstić information content (AvgIpc) is 3.07. The number of benzene rings is 4. The highest BCUT2D eigenvalue weighted by atomic mass is 35.5. The van der Waals surface area contributed by atoms with Crippen LogP contribution in [0.4, 0.5) is 5.69 Å². The molecule has 45 heavy (non-hydrogen) atoms. The van der Waals surface area contributed by atoms with Gasteiger partial charge in [0.25, 0.3) is 0 Å². The maximum atomic E-state index is 6.84. The van der Waals surface area contributed by atoms with E-state index in [9.17, 15) is 0 Å². The summed E-state index contributed by atoms with van der Waals surface area (Å²) >= 11 is 11.8. The molecule has 0 radical (unpaired) electrons. The highest BCUT2D eigenvalue weighted by Gasteiger charge is 2.45. The van der Waals surface area contributed by atoms with Crippen molar-refractivity contribution in [2.75, 3.05) is 25.0 Å². The lowest BCUT2D eigenvalue weighted by atomic mass is 9.92. The summed E-state index contributed by atoms with van der Waals surface area (Å²) < 4.78 is 20.3. The molecule has 0 aliphatic carbocycles. The Morgan fingerprint density at radius 1 is 0.733 bits per heavy atom. The van der Waals surface area contributed by atoms with Crippen LogP contribution in [0, 0.1) is 0 Å². The monoisotopic (exact) mass is 643 g/mol. The SMILES string of the molecule is CCCN1C[C@H](OCc2ccccc2)[C@H](OCc2ccccc2)[C@H](OCc2ccccc2)[C@H]1CNC(=S)Nc1ccc(Cl)cc1. The summed E-state index contributed by atoms with van der Waals surface area (Å²) in [5.41, 5.74) is 4.23. The van der Waals surface area contributed by atoms with Crippen LogP contribution in [-0.4, -0.2) is 54.0 Å². The minimum absolute atomic E-state index is 0.0176. The van der Waals surface area contributed by atoms with E-state index < -0.39 is 0 Å². The Balaban J connectivity index is 1.39. The summed E-state index contributed by atoms with van der Waals surface area (Å²) in [5, 5.41) is 7.97. The zero-order chi connectivity index (χ0) is 31.3. The second kappa shape index (κ2) is 17.4. The van der Waals surface area contributed by atoms with Gasteiger partial charge in [-0.25, -0.2) is 0 Å². The number of hydrogen-bond donors (Lipinski definition) is 2. The second-order valence-electron chi connectivity index (χ2n) is 11.3. The predicted octanol–water partition coefficient (Wildman–Crippen LogP) is 7.48. The summed E-state index contributed by atoms with van der Waals surface area (Å²) in [6.45, 7) is 5.82. The molecule has 0 spiro atoms. The molecule has 4 aromatic rings. The van der Waals surface area contributed by atoms with Gasteiger partial charge in [-0.2, -0.15) is 0 Å². The molecule has 1 aliphatic rings. The molecule has 0 unspecified atom stereocenters. The molecule has 4 atom stereocenters. The topological polar surface area (TPSA) is 55.0 Å². The predicted molar refractivity (Wildman–Crippen MR) is 186 cm³/mol. The van der Waals surface area contributed by atoms with Crippen LogP contribution in [-0.2, 0) is 34.0 Å². The van der Waals surface area contributed by atoms with Crippen LogP contribution in [0.5, 0.6) is 0 Å². The van der Waals surface area contributed by atoms with E-state index in [0.29, 0.717) is 36.5 Å². The molecule has 1 aliphatic heterocycles. The van der Waals surface area contributed by atoms with Crippen LogP contribution in [0.3, 0.4) is 0 Å². The third-order valence-electron chi connectivity index (χ3n) is 7.92. The number of nitrogens with zero attached hydrogens (tertiary/aromatic N) is 1. The van der Waals surface area contributed by atoms with E-state index in [0.717, 1.165) is 41.9 Å². The summed E-state index contributed by atoms with van der Waals surface area (Å²) in [6, 6.07) is 38.3. The lowest BCUT2D eigenvalue weighted by molar-refractivity contribution is -0.202. The van der Waals surface area contributed by atoms with E-state index in [4.69, 9.17) is 38.0 Å². The molecule has 8 heteroatoms. The quantitative estimate of drug-likeness (QED) is 0.138. The maximum Gasteiger partial charge on any atom is 0.170 e. The van der Waals surface area contributed by atoms with Crippen LogP contribution in [0.15, 0.2) is 115 Å². The summed E-state index contributed by atoms with van der Waals surface area (Å²) in [7, 11) is 0. The van der Waals surface area contributed by atoms with Crippen molar-refractivity contribution in [1.82, 2.24) is 10.2 Å². The van der Waals surface area contributed by atoms with Crippen molar-refractivity contribution >= 4 is 34.6 Å². The van der Waals surface area contributed by atoms with Crippen LogP contribution in [0.1, 0.15) is 30.0 Å². The number of hydrogen-bond acceptors (Lipinski definition) is 5. The van der Waals surface area contributed by atoms with E-state index in [1.165, 1.54) is 0 Å². The van der Waals surface area contributed by atoms with E-state index in [1.54, 1.807) is 0 Å². The van der Waals surface area contributed by atoms with Crippen molar-refractivity contribution in [2.24, 2.45) is 0 Å². The Hall–Kier alpha value is -3.30. The standard InChI is InChI=1S/C37H42ClN3O3S/c1-2-22-41-24-34(42-25-28-12-6-3-7-13-28)36(44-27-30-16-10-5-11-17-30)35(43-26-29-14-8-4-9-15-29)33(41)23-39-37(45)40-32-20-18-31(38)19-21-32/h3-21,33-36H,2,22-27H2,1H3,(H2,39,40,45)/t33-,34+,35-,36+/m1/s1. The number of halogens is 1. The van der Waals surface area contributed by atoms with Gasteiger partial charge in [-0.05, 0) is 66.1 Å². The van der Waals surface area contributed by atoms with Gasteiger partial charge in [0.1, 0.15) is 12.2 Å². The molecular weight excluding hydrogens is 602 g/mol. The van der Waals surface area contributed by atoms with Crippen LogP contribution >= 0.6 is 23.8 Å². The first-order valence-electron chi connectivity index (χ1n) is 15.6. The molecule has 0 saturated carbocycles. The van der Waals surface area contributed by atoms with Crippen molar-refractivity contribution in [3.05, 3.63) is 137 Å². The zero-order valence-corrected chi connectivity index (χ0v) is 27.3. The fourth-order valence-electron chi connectivity index (χ4n) is 5.67. The summed E-state index contributed by atoms with van der Waals surface area (Å²) in [4.78, 5) is 2.46. The minimum atomic E-state index is -0.310. The third kappa shape index (κ3) is 10.1. The van der Waals surface area contributed by atoms with Gasteiger partial charge in [0, 0.05) is 23.8 Å². The number of nitrogens with one attached hydrogen (secondary N) is 2. The van der Waals surface area contributed by atoms with Crippen LogP contribution in [0.2, 0.25) is 5.02 Å². The second-order valence-corrected chi connectivity index (χ2v) is 12.1. The van der Waals surface area contributed by atoms with Crippen molar-refractivity contribution in [1.29, 1.82) is 0 Å². The van der Waals surface area contributed by atoms with Crippen molar-refractivity contribution in [3.8, 4) is 0 Å². The number of rotatable bonds is 14. The Labute approximate surface area is 277 Å². The maximum absolute atomic E-state index is 6.84. The Kier molecular flexibility index (Phi) is 12.8. The zero-order valence-electron chi connectivity index (χ0n) is 25.7. The molecular formula is C37H42ClN3O3S. The first-order valence-corrected chi connectivity index (χ1v) is 16.4. The molecule has 5 rings (SSSR count).